The Balaban J connectivity index is 1.53. The van der Waals surface area contributed by atoms with Crippen LogP contribution in [0.25, 0.3) is 0 Å². The number of halogens is 1. The molecule has 4 aliphatic rings. The van der Waals surface area contributed by atoms with Gasteiger partial charge in [-0.3, -0.25) is 14.4 Å². The molecule has 140 valence electrons. The van der Waals surface area contributed by atoms with Gasteiger partial charge in [0.15, 0.2) is 6.61 Å². The van der Waals surface area contributed by atoms with Crippen molar-refractivity contribution in [1.82, 2.24) is 10.6 Å². The van der Waals surface area contributed by atoms with Crippen LogP contribution in [0, 0.1) is 17.3 Å². The first-order valence-corrected chi connectivity index (χ1v) is 9.56. The van der Waals surface area contributed by atoms with Crippen molar-refractivity contribution in [3.05, 3.63) is 0 Å². The standard InChI is InChI=1S/C18H27ClN2O4/c1-3-20-15(23)11(2)21-14(22)9-25-16(24)17-5-12-4-13(6-17)8-18(19,7-12)10-17/h11-13H,3-10H2,1-2H3,(H,20,23)(H,21,22)/t11-,12+,13+,17?,18?/m1/s1. The van der Waals surface area contributed by atoms with Crippen molar-refractivity contribution in [2.45, 2.75) is 63.3 Å². The molecule has 4 rings (SSSR count). The Morgan fingerprint density at radius 1 is 1.20 bits per heavy atom. The molecule has 0 saturated heterocycles. The van der Waals surface area contributed by atoms with Crippen molar-refractivity contribution < 1.29 is 19.1 Å². The van der Waals surface area contributed by atoms with Crippen molar-refractivity contribution in [3.63, 3.8) is 0 Å². The predicted molar refractivity (Wildman–Crippen MR) is 92.9 cm³/mol. The van der Waals surface area contributed by atoms with Gasteiger partial charge in [-0.2, -0.15) is 0 Å². The first kappa shape index (κ1) is 18.5. The van der Waals surface area contributed by atoms with E-state index in [0.717, 1.165) is 32.1 Å². The largest absolute Gasteiger partial charge is 0.455 e. The van der Waals surface area contributed by atoms with Crippen LogP contribution in [0.15, 0.2) is 0 Å². The maximum Gasteiger partial charge on any atom is 0.312 e. The van der Waals surface area contributed by atoms with Crippen LogP contribution in [0.4, 0.5) is 0 Å². The fourth-order valence-electron chi connectivity index (χ4n) is 5.35. The summed E-state index contributed by atoms with van der Waals surface area (Å²) < 4.78 is 5.33. The topological polar surface area (TPSA) is 84.5 Å². The Hall–Kier alpha value is -1.30. The number of likely N-dealkylation sites (N-methyl/N-ethyl adjacent to an activating group) is 1. The molecule has 6 nitrogen and oxygen atoms in total. The van der Waals surface area contributed by atoms with Crippen LogP contribution < -0.4 is 10.6 Å². The third-order valence-corrected chi connectivity index (χ3v) is 6.32. The number of alkyl halides is 1. The van der Waals surface area contributed by atoms with Gasteiger partial charge in [0.25, 0.3) is 5.91 Å². The second-order valence-electron chi connectivity index (χ2n) is 8.15. The zero-order valence-corrected chi connectivity index (χ0v) is 15.7. The minimum atomic E-state index is -0.656. The van der Waals surface area contributed by atoms with Gasteiger partial charge in [0.2, 0.25) is 5.91 Å². The van der Waals surface area contributed by atoms with Crippen molar-refractivity contribution in [2.75, 3.05) is 13.2 Å². The van der Waals surface area contributed by atoms with E-state index in [1.54, 1.807) is 6.92 Å². The summed E-state index contributed by atoms with van der Waals surface area (Å²) in [7, 11) is 0. The normalized spacial score (nSPS) is 36.6. The van der Waals surface area contributed by atoms with Gasteiger partial charge in [-0.1, -0.05) is 0 Å². The molecule has 4 saturated carbocycles. The van der Waals surface area contributed by atoms with Crippen LogP contribution in [0.3, 0.4) is 0 Å². The molecule has 4 bridgehead atoms. The first-order valence-electron chi connectivity index (χ1n) is 9.18. The van der Waals surface area contributed by atoms with E-state index < -0.39 is 17.4 Å². The zero-order valence-electron chi connectivity index (χ0n) is 14.9. The Morgan fingerprint density at radius 2 is 1.84 bits per heavy atom. The van der Waals surface area contributed by atoms with Gasteiger partial charge >= 0.3 is 5.97 Å². The summed E-state index contributed by atoms with van der Waals surface area (Å²) in [6.45, 7) is 3.55. The molecule has 0 unspecified atom stereocenters. The molecule has 0 aromatic carbocycles. The molecule has 4 aliphatic carbocycles. The fraction of sp³-hybridized carbons (Fsp3) is 0.833. The van der Waals surface area contributed by atoms with Crippen molar-refractivity contribution >= 4 is 29.4 Å². The average Bonchev–Trinajstić information content (AvgIpc) is 2.50. The highest BCUT2D eigenvalue weighted by Crippen LogP contribution is 2.64. The number of esters is 1. The van der Waals surface area contributed by atoms with E-state index in [1.807, 2.05) is 6.92 Å². The Kier molecular flexibility index (Phi) is 5.02. The van der Waals surface area contributed by atoms with Gasteiger partial charge < -0.3 is 15.4 Å². The minimum Gasteiger partial charge on any atom is -0.455 e. The van der Waals surface area contributed by atoms with Crippen molar-refractivity contribution in [2.24, 2.45) is 17.3 Å². The molecular weight excluding hydrogens is 344 g/mol. The predicted octanol–water partition coefficient (Wildman–Crippen LogP) is 1.75. The maximum atomic E-state index is 12.7. The Labute approximate surface area is 153 Å². The number of hydrogen-bond donors (Lipinski definition) is 2. The lowest BCUT2D eigenvalue weighted by Crippen LogP contribution is -2.56. The molecule has 0 aliphatic heterocycles. The Morgan fingerprint density at radius 3 is 2.40 bits per heavy atom. The zero-order chi connectivity index (χ0) is 18.2. The van der Waals surface area contributed by atoms with Gasteiger partial charge in [0.1, 0.15) is 6.04 Å². The highest BCUT2D eigenvalue weighted by molar-refractivity contribution is 6.24. The smallest absolute Gasteiger partial charge is 0.312 e. The second-order valence-corrected chi connectivity index (χ2v) is 8.95. The number of ether oxygens (including phenoxy) is 1. The minimum absolute atomic E-state index is 0.257. The molecule has 0 aromatic heterocycles. The van der Waals surface area contributed by atoms with Crippen LogP contribution in [-0.4, -0.2) is 41.9 Å². The number of rotatable bonds is 6. The summed E-state index contributed by atoms with van der Waals surface area (Å²) in [5, 5.41) is 5.18. The quantitative estimate of drug-likeness (QED) is 0.551. The van der Waals surface area contributed by atoms with Crippen LogP contribution in [-0.2, 0) is 19.1 Å². The highest BCUT2D eigenvalue weighted by Gasteiger charge is 2.60. The molecular formula is C18H27ClN2O4. The summed E-state index contributed by atoms with van der Waals surface area (Å²) in [5.74, 6) is -0.0204. The van der Waals surface area contributed by atoms with Gasteiger partial charge in [-0.25, -0.2) is 0 Å². The second kappa shape index (κ2) is 6.78. The summed E-state index contributed by atoms with van der Waals surface area (Å²) in [5.41, 5.74) is -0.517. The van der Waals surface area contributed by atoms with Crippen molar-refractivity contribution in [1.29, 1.82) is 0 Å². The van der Waals surface area contributed by atoms with E-state index in [0.29, 0.717) is 24.8 Å². The molecule has 3 atom stereocenters. The Bertz CT molecular complexity index is 565. The van der Waals surface area contributed by atoms with Gasteiger partial charge in [0, 0.05) is 11.4 Å². The van der Waals surface area contributed by atoms with E-state index in [1.165, 1.54) is 0 Å². The summed E-state index contributed by atoms with van der Waals surface area (Å²) in [4.78, 5) is 36.1. The van der Waals surface area contributed by atoms with E-state index in [9.17, 15) is 14.4 Å². The molecule has 0 spiro atoms. The summed E-state index contributed by atoms with van der Waals surface area (Å²) in [6.07, 6.45) is 5.45. The number of carbonyl (C=O) groups is 3. The number of hydrogen-bond acceptors (Lipinski definition) is 4. The average molecular weight is 371 g/mol. The van der Waals surface area contributed by atoms with Crippen LogP contribution in [0.5, 0.6) is 0 Å². The number of nitrogens with one attached hydrogen (secondary N) is 2. The van der Waals surface area contributed by atoms with E-state index in [4.69, 9.17) is 16.3 Å². The first-order chi connectivity index (χ1) is 11.8. The van der Waals surface area contributed by atoms with Crippen LogP contribution >= 0.6 is 11.6 Å². The van der Waals surface area contributed by atoms with Crippen molar-refractivity contribution in [3.8, 4) is 0 Å². The molecule has 0 heterocycles. The molecule has 2 N–H and O–H groups in total. The lowest BCUT2D eigenvalue weighted by Gasteiger charge is -2.58. The molecule has 7 heteroatoms. The van der Waals surface area contributed by atoms with E-state index in [2.05, 4.69) is 10.6 Å². The maximum absolute atomic E-state index is 12.7. The van der Waals surface area contributed by atoms with Crippen LogP contribution in [0.2, 0.25) is 0 Å². The molecule has 25 heavy (non-hydrogen) atoms. The highest BCUT2D eigenvalue weighted by atomic mass is 35.5. The lowest BCUT2D eigenvalue weighted by molar-refractivity contribution is -0.171. The van der Waals surface area contributed by atoms with Gasteiger partial charge in [-0.05, 0) is 64.2 Å². The van der Waals surface area contributed by atoms with Crippen LogP contribution in [0.1, 0.15) is 52.4 Å². The molecule has 0 radical (unpaired) electrons. The van der Waals surface area contributed by atoms with Gasteiger partial charge in [-0.15, -0.1) is 11.6 Å². The lowest BCUT2D eigenvalue weighted by atomic mass is 9.49. The monoisotopic (exact) mass is 370 g/mol. The SMILES string of the molecule is CCNC(=O)[C@@H](C)NC(=O)COC(=O)C12C[C@@H]3C[C@H](CC(Cl)(C3)C1)C2. The fourth-order valence-corrected chi connectivity index (χ4v) is 6.04. The van der Waals surface area contributed by atoms with E-state index in [-0.39, 0.29) is 23.4 Å². The van der Waals surface area contributed by atoms with E-state index >= 15 is 0 Å². The molecule has 2 amide bonds. The third kappa shape index (κ3) is 3.78. The van der Waals surface area contributed by atoms with Gasteiger partial charge in [0.05, 0.1) is 5.41 Å². The summed E-state index contributed by atoms with van der Waals surface area (Å²) in [6, 6.07) is -0.656. The number of carbonyl (C=O) groups excluding carboxylic acids is 3. The number of amides is 2. The third-order valence-electron chi connectivity index (χ3n) is 5.88. The summed E-state index contributed by atoms with van der Waals surface area (Å²) >= 11 is 6.73. The molecule has 0 aromatic rings. The molecule has 4 fully saturated rings.